The number of halogens is 1. The highest BCUT2D eigenvalue weighted by molar-refractivity contribution is 7.89. The van der Waals surface area contributed by atoms with Crippen molar-refractivity contribution >= 4 is 34.0 Å². The Hall–Kier alpha value is -1.35. The molecule has 1 aromatic rings. The highest BCUT2D eigenvalue weighted by atomic mass is 35.5. The van der Waals surface area contributed by atoms with Crippen molar-refractivity contribution in [1.29, 1.82) is 0 Å². The molecule has 0 atom stereocenters. The Labute approximate surface area is 155 Å². The molecular weight excluding hydrogens is 366 g/mol. The minimum absolute atomic E-state index is 0. The standard InChI is InChI=1S/C16H25N3O4S.ClH/c1-3-23-14-7-6-13(18-16(20)8-9-17-2)12-15(14)24(21,22)19-10-4-5-11-19;/h6-7,12,17H,3-5,8-11H2,1-2H3,(H,18,20);1H. The normalized spacial score (nSPS) is 14.8. The van der Waals surface area contributed by atoms with Gasteiger partial charge in [-0.05, 0) is 45.0 Å². The second kappa shape index (κ2) is 9.96. The lowest BCUT2D eigenvalue weighted by Gasteiger charge is -2.19. The number of anilines is 1. The van der Waals surface area contributed by atoms with Crippen LogP contribution in [0, 0.1) is 0 Å². The number of carbonyl (C=O) groups excluding carboxylic acids is 1. The summed E-state index contributed by atoms with van der Waals surface area (Å²) in [6, 6.07) is 4.74. The molecule has 1 fully saturated rings. The molecule has 0 aliphatic carbocycles. The van der Waals surface area contributed by atoms with E-state index in [0.717, 1.165) is 12.8 Å². The second-order valence-corrected chi connectivity index (χ2v) is 7.51. The first-order chi connectivity index (χ1) is 11.5. The highest BCUT2D eigenvalue weighted by Gasteiger charge is 2.30. The van der Waals surface area contributed by atoms with Crippen LogP contribution in [-0.2, 0) is 14.8 Å². The van der Waals surface area contributed by atoms with Crippen LogP contribution < -0.4 is 15.4 Å². The van der Waals surface area contributed by atoms with Crippen LogP contribution in [0.2, 0.25) is 0 Å². The van der Waals surface area contributed by atoms with Crippen LogP contribution in [0.3, 0.4) is 0 Å². The van der Waals surface area contributed by atoms with Crippen molar-refractivity contribution < 1.29 is 17.9 Å². The lowest BCUT2D eigenvalue weighted by Crippen LogP contribution is -2.28. The average Bonchev–Trinajstić information content (AvgIpc) is 3.10. The summed E-state index contributed by atoms with van der Waals surface area (Å²) >= 11 is 0. The summed E-state index contributed by atoms with van der Waals surface area (Å²) in [6.07, 6.45) is 2.05. The Morgan fingerprint density at radius 2 is 1.96 bits per heavy atom. The Kier molecular flexibility index (Phi) is 8.64. The van der Waals surface area contributed by atoms with E-state index in [0.29, 0.717) is 44.1 Å². The number of nitrogens with zero attached hydrogens (tertiary/aromatic N) is 1. The van der Waals surface area contributed by atoms with Gasteiger partial charge in [-0.1, -0.05) is 0 Å². The summed E-state index contributed by atoms with van der Waals surface area (Å²) in [6.45, 7) is 3.77. The lowest BCUT2D eigenvalue weighted by atomic mass is 10.3. The molecule has 2 N–H and O–H groups in total. The van der Waals surface area contributed by atoms with E-state index in [1.165, 1.54) is 10.4 Å². The van der Waals surface area contributed by atoms with Crippen LogP contribution in [0.15, 0.2) is 23.1 Å². The van der Waals surface area contributed by atoms with E-state index >= 15 is 0 Å². The molecule has 2 rings (SSSR count). The number of hydrogen-bond acceptors (Lipinski definition) is 5. The number of sulfonamides is 1. The quantitative estimate of drug-likeness (QED) is 0.706. The molecule has 1 aromatic carbocycles. The lowest BCUT2D eigenvalue weighted by molar-refractivity contribution is -0.116. The van der Waals surface area contributed by atoms with E-state index in [1.807, 2.05) is 0 Å². The maximum Gasteiger partial charge on any atom is 0.246 e. The van der Waals surface area contributed by atoms with Crippen molar-refractivity contribution in [3.63, 3.8) is 0 Å². The summed E-state index contributed by atoms with van der Waals surface area (Å²) in [4.78, 5) is 12.0. The predicted molar refractivity (Wildman–Crippen MR) is 100 cm³/mol. The Balaban J connectivity index is 0.00000312. The number of rotatable bonds is 8. The maximum atomic E-state index is 12.9. The zero-order valence-corrected chi connectivity index (χ0v) is 16.2. The van der Waals surface area contributed by atoms with Gasteiger partial charge >= 0.3 is 0 Å². The third-order valence-corrected chi connectivity index (χ3v) is 5.73. The Morgan fingerprint density at radius 3 is 2.56 bits per heavy atom. The second-order valence-electron chi connectivity index (χ2n) is 5.61. The smallest absolute Gasteiger partial charge is 0.246 e. The Bertz CT molecular complexity index is 676. The van der Waals surface area contributed by atoms with E-state index in [-0.39, 0.29) is 23.2 Å². The predicted octanol–water partition coefficient (Wildman–Crippen LogP) is 1.84. The molecule has 7 nitrogen and oxygen atoms in total. The molecule has 0 bridgehead atoms. The van der Waals surface area contributed by atoms with Gasteiger partial charge in [0.15, 0.2) is 0 Å². The molecule has 0 aromatic heterocycles. The van der Waals surface area contributed by atoms with Crippen LogP contribution in [0.1, 0.15) is 26.2 Å². The number of benzene rings is 1. The van der Waals surface area contributed by atoms with E-state index in [4.69, 9.17) is 4.74 Å². The molecular formula is C16H26ClN3O4S. The third-order valence-electron chi connectivity index (χ3n) is 3.81. The third kappa shape index (κ3) is 5.57. The molecule has 0 radical (unpaired) electrons. The van der Waals surface area contributed by atoms with Gasteiger partial charge in [0, 0.05) is 31.7 Å². The summed E-state index contributed by atoms with van der Waals surface area (Å²) in [5.41, 5.74) is 0.456. The first-order valence-electron chi connectivity index (χ1n) is 8.20. The van der Waals surface area contributed by atoms with Crippen molar-refractivity contribution in [2.45, 2.75) is 31.1 Å². The topological polar surface area (TPSA) is 87.7 Å². The van der Waals surface area contributed by atoms with Crippen LogP contribution in [0.25, 0.3) is 0 Å². The van der Waals surface area contributed by atoms with Gasteiger partial charge in [-0.3, -0.25) is 4.79 Å². The number of hydrogen-bond donors (Lipinski definition) is 2. The van der Waals surface area contributed by atoms with Crippen molar-refractivity contribution in [3.8, 4) is 5.75 Å². The van der Waals surface area contributed by atoms with Gasteiger partial charge in [0.05, 0.1) is 6.61 Å². The van der Waals surface area contributed by atoms with Gasteiger partial charge in [-0.25, -0.2) is 8.42 Å². The maximum absolute atomic E-state index is 12.9. The summed E-state index contributed by atoms with van der Waals surface area (Å²) in [5, 5.41) is 5.63. The zero-order chi connectivity index (χ0) is 17.6. The molecule has 0 unspecified atom stereocenters. The van der Waals surface area contributed by atoms with E-state index in [2.05, 4.69) is 10.6 Å². The molecule has 0 saturated carbocycles. The van der Waals surface area contributed by atoms with Crippen LogP contribution in [-0.4, -0.2) is 51.9 Å². The first-order valence-corrected chi connectivity index (χ1v) is 9.64. The fourth-order valence-corrected chi connectivity index (χ4v) is 4.27. The minimum atomic E-state index is -3.62. The molecule has 1 amide bonds. The first kappa shape index (κ1) is 21.7. The monoisotopic (exact) mass is 391 g/mol. The minimum Gasteiger partial charge on any atom is -0.492 e. The van der Waals surface area contributed by atoms with E-state index in [1.54, 1.807) is 26.1 Å². The molecule has 0 spiro atoms. The summed E-state index contributed by atoms with van der Waals surface area (Å²) in [7, 11) is -1.85. The van der Waals surface area contributed by atoms with Crippen molar-refractivity contribution in [1.82, 2.24) is 9.62 Å². The molecule has 1 saturated heterocycles. The molecule has 1 aliphatic rings. The van der Waals surface area contributed by atoms with Gasteiger partial charge in [-0.2, -0.15) is 4.31 Å². The molecule has 142 valence electrons. The van der Waals surface area contributed by atoms with Crippen molar-refractivity contribution in [2.75, 3.05) is 38.6 Å². The van der Waals surface area contributed by atoms with Gasteiger partial charge in [0.1, 0.15) is 10.6 Å². The molecule has 9 heteroatoms. The SMILES string of the molecule is CCOc1ccc(NC(=O)CCNC)cc1S(=O)(=O)N1CCCC1.Cl. The fourth-order valence-electron chi connectivity index (χ4n) is 2.59. The van der Waals surface area contributed by atoms with E-state index in [9.17, 15) is 13.2 Å². The van der Waals surface area contributed by atoms with Gasteiger partial charge in [-0.15, -0.1) is 12.4 Å². The summed E-state index contributed by atoms with van der Waals surface area (Å²) < 4.78 is 32.7. The van der Waals surface area contributed by atoms with Crippen molar-refractivity contribution in [3.05, 3.63) is 18.2 Å². The average molecular weight is 392 g/mol. The van der Waals surface area contributed by atoms with Crippen molar-refractivity contribution in [2.24, 2.45) is 0 Å². The number of carbonyl (C=O) groups is 1. The Morgan fingerprint density at radius 1 is 1.28 bits per heavy atom. The number of amides is 1. The number of ether oxygens (including phenoxy) is 1. The molecule has 1 aliphatic heterocycles. The largest absolute Gasteiger partial charge is 0.492 e. The van der Waals surface area contributed by atoms with Crippen LogP contribution in [0.5, 0.6) is 5.75 Å². The van der Waals surface area contributed by atoms with Gasteiger partial charge < -0.3 is 15.4 Å². The molecule has 1 heterocycles. The fraction of sp³-hybridized carbons (Fsp3) is 0.562. The van der Waals surface area contributed by atoms with Gasteiger partial charge in [0.25, 0.3) is 0 Å². The van der Waals surface area contributed by atoms with Crippen LogP contribution in [0.4, 0.5) is 5.69 Å². The highest BCUT2D eigenvalue weighted by Crippen LogP contribution is 2.31. The number of nitrogens with one attached hydrogen (secondary N) is 2. The van der Waals surface area contributed by atoms with Gasteiger partial charge in [0.2, 0.25) is 15.9 Å². The zero-order valence-electron chi connectivity index (χ0n) is 14.6. The van der Waals surface area contributed by atoms with Crippen LogP contribution >= 0.6 is 12.4 Å². The summed E-state index contributed by atoms with van der Waals surface area (Å²) in [5.74, 6) is 0.149. The molecule has 25 heavy (non-hydrogen) atoms. The van der Waals surface area contributed by atoms with E-state index < -0.39 is 10.0 Å².